The Bertz CT molecular complexity index is 1350. The van der Waals surface area contributed by atoms with Crippen molar-refractivity contribution >= 4 is 27.3 Å². The number of ether oxygens (including phenoxy) is 2. The number of aliphatic hydroxyl groups excluding tert-OH is 1. The average molecular weight is 529 g/mol. The number of benzene rings is 2. The number of thiazole rings is 1. The molecule has 0 amide bonds. The van der Waals surface area contributed by atoms with Gasteiger partial charge in [0.05, 0.1) is 30.0 Å². The van der Waals surface area contributed by atoms with E-state index in [0.717, 1.165) is 26.1 Å². The van der Waals surface area contributed by atoms with Crippen LogP contribution < -0.4 is 35.8 Å². The number of halogens is 1. The van der Waals surface area contributed by atoms with Crippen LogP contribution in [0.5, 0.6) is 11.5 Å². The van der Waals surface area contributed by atoms with Crippen molar-refractivity contribution in [1.82, 2.24) is 4.57 Å². The van der Waals surface area contributed by atoms with Crippen molar-refractivity contribution in [3.05, 3.63) is 82.9 Å². The standard InChI is InChI=1S/C24H25N4O3S.BrH/c1-27-19-8-4-5-9-22(19)32-24(27)26-25-23(18-7-6-12-28(16-18)13-14-29)17-10-11-20(30-2)21(15-17)31-3;/h4-12,15-16,29H,13-14H2,1-3H3;1H/q+1;/p-1/b25-23-,26-24+;. The van der Waals surface area contributed by atoms with Gasteiger partial charge in [0, 0.05) is 18.7 Å². The van der Waals surface area contributed by atoms with E-state index in [9.17, 15) is 5.11 Å². The summed E-state index contributed by atoms with van der Waals surface area (Å²) in [6, 6.07) is 17.8. The summed E-state index contributed by atoms with van der Waals surface area (Å²) >= 11 is 1.59. The van der Waals surface area contributed by atoms with E-state index in [1.165, 1.54) is 0 Å². The second-order valence-electron chi connectivity index (χ2n) is 7.08. The molecule has 2 aromatic carbocycles. The molecule has 0 aliphatic rings. The molecule has 4 rings (SSSR count). The van der Waals surface area contributed by atoms with Crippen LogP contribution in [-0.2, 0) is 13.6 Å². The van der Waals surface area contributed by atoms with Crippen molar-refractivity contribution in [3.63, 3.8) is 0 Å². The van der Waals surface area contributed by atoms with Crippen LogP contribution >= 0.6 is 11.3 Å². The van der Waals surface area contributed by atoms with Crippen molar-refractivity contribution < 1.29 is 36.1 Å². The first-order valence-corrected chi connectivity index (χ1v) is 10.9. The van der Waals surface area contributed by atoms with E-state index in [1.807, 2.05) is 71.0 Å². The number of pyridine rings is 1. The smallest absolute Gasteiger partial charge is 0.211 e. The predicted molar refractivity (Wildman–Crippen MR) is 125 cm³/mol. The summed E-state index contributed by atoms with van der Waals surface area (Å²) < 4.78 is 16.0. The lowest BCUT2D eigenvalue weighted by atomic mass is 10.0. The molecule has 0 radical (unpaired) electrons. The number of fused-ring (bicyclic) bond motifs is 1. The summed E-state index contributed by atoms with van der Waals surface area (Å²) in [5.41, 5.74) is 3.52. The topological polar surface area (TPSA) is 72.2 Å². The van der Waals surface area contributed by atoms with Crippen molar-refractivity contribution in [2.75, 3.05) is 20.8 Å². The number of hydrogen-bond acceptors (Lipinski definition) is 6. The SMILES string of the molecule is COc1ccc(/C(=N/N=c2/sc3ccccc3n2C)c2ccc[n+](CCO)c2)cc1OC.[Br-]. The van der Waals surface area contributed by atoms with Gasteiger partial charge in [-0.2, -0.15) is 0 Å². The maximum Gasteiger partial charge on any atom is 0.211 e. The molecule has 172 valence electrons. The Morgan fingerprint density at radius 2 is 1.82 bits per heavy atom. The minimum atomic E-state index is 0. The van der Waals surface area contributed by atoms with Crippen molar-refractivity contribution in [2.45, 2.75) is 6.54 Å². The number of rotatable bonds is 7. The Balaban J connectivity index is 0.00000306. The molecular weight excluding hydrogens is 504 g/mol. The van der Waals surface area contributed by atoms with Crippen LogP contribution in [0.2, 0.25) is 0 Å². The van der Waals surface area contributed by atoms with Crippen LogP contribution in [0, 0.1) is 0 Å². The lowest BCUT2D eigenvalue weighted by molar-refractivity contribution is -0.698. The van der Waals surface area contributed by atoms with Gasteiger partial charge in [0.1, 0.15) is 12.3 Å². The number of nitrogens with zero attached hydrogens (tertiary/aromatic N) is 4. The molecule has 0 atom stereocenters. The fourth-order valence-corrected chi connectivity index (χ4v) is 4.42. The van der Waals surface area contributed by atoms with Crippen LogP contribution in [-0.4, -0.2) is 36.2 Å². The Kier molecular flexibility index (Phi) is 8.37. The third-order valence-corrected chi connectivity index (χ3v) is 6.20. The van der Waals surface area contributed by atoms with Crippen LogP contribution in [0.4, 0.5) is 0 Å². The Morgan fingerprint density at radius 3 is 2.55 bits per heavy atom. The van der Waals surface area contributed by atoms with E-state index in [2.05, 4.69) is 22.3 Å². The molecule has 4 aromatic rings. The Hall–Kier alpha value is -3.01. The number of aliphatic hydroxyl groups is 1. The third kappa shape index (κ3) is 5.32. The van der Waals surface area contributed by atoms with Gasteiger partial charge in [-0.05, 0) is 36.4 Å². The van der Waals surface area contributed by atoms with E-state index >= 15 is 0 Å². The summed E-state index contributed by atoms with van der Waals surface area (Å²) in [7, 11) is 5.21. The zero-order chi connectivity index (χ0) is 22.5. The number of para-hydroxylation sites is 1. The first-order valence-electron chi connectivity index (χ1n) is 10.1. The molecule has 0 aliphatic heterocycles. The first-order chi connectivity index (χ1) is 15.6. The summed E-state index contributed by atoms with van der Waals surface area (Å²) in [6.45, 7) is 0.550. The summed E-state index contributed by atoms with van der Waals surface area (Å²) in [5, 5.41) is 18.6. The summed E-state index contributed by atoms with van der Waals surface area (Å²) in [5.74, 6) is 1.26. The van der Waals surface area contributed by atoms with Gasteiger partial charge in [-0.1, -0.05) is 23.5 Å². The molecule has 2 aromatic heterocycles. The van der Waals surface area contributed by atoms with Crippen LogP contribution in [0.15, 0.2) is 77.2 Å². The monoisotopic (exact) mass is 528 g/mol. The second kappa shape index (κ2) is 11.2. The fourth-order valence-electron chi connectivity index (χ4n) is 3.45. The highest BCUT2D eigenvalue weighted by atomic mass is 79.9. The highest BCUT2D eigenvalue weighted by molar-refractivity contribution is 7.16. The van der Waals surface area contributed by atoms with Gasteiger partial charge in [0.15, 0.2) is 30.4 Å². The van der Waals surface area contributed by atoms with Gasteiger partial charge in [-0.3, -0.25) is 0 Å². The molecule has 1 N–H and O–H groups in total. The van der Waals surface area contributed by atoms with Gasteiger partial charge >= 0.3 is 0 Å². The fraction of sp³-hybridized carbons (Fsp3) is 0.208. The Labute approximate surface area is 206 Å². The molecule has 0 spiro atoms. The summed E-state index contributed by atoms with van der Waals surface area (Å²) in [6.07, 6.45) is 3.86. The molecule has 0 aliphatic carbocycles. The minimum Gasteiger partial charge on any atom is -1.00 e. The molecule has 7 nitrogen and oxygen atoms in total. The zero-order valence-electron chi connectivity index (χ0n) is 18.6. The van der Waals surface area contributed by atoms with Gasteiger partial charge in [-0.15, -0.1) is 10.2 Å². The lowest BCUT2D eigenvalue weighted by Gasteiger charge is -2.10. The summed E-state index contributed by atoms with van der Waals surface area (Å²) in [4.78, 5) is 0.795. The largest absolute Gasteiger partial charge is 1.00 e. The molecule has 0 fully saturated rings. The molecule has 33 heavy (non-hydrogen) atoms. The van der Waals surface area contributed by atoms with Crippen molar-refractivity contribution in [2.24, 2.45) is 17.3 Å². The number of hydrogen-bond donors (Lipinski definition) is 1. The van der Waals surface area contributed by atoms with Crippen molar-refractivity contribution in [3.8, 4) is 11.5 Å². The molecule has 0 saturated carbocycles. The van der Waals surface area contributed by atoms with Crippen LogP contribution in [0.3, 0.4) is 0 Å². The normalized spacial score (nSPS) is 12.0. The quantitative estimate of drug-likeness (QED) is 0.207. The zero-order valence-corrected chi connectivity index (χ0v) is 21.0. The van der Waals surface area contributed by atoms with E-state index in [1.54, 1.807) is 25.6 Å². The third-order valence-electron chi connectivity index (χ3n) is 5.10. The van der Waals surface area contributed by atoms with Crippen LogP contribution in [0.1, 0.15) is 11.1 Å². The minimum absolute atomic E-state index is 0. The first kappa shape index (κ1) is 24.6. The number of methoxy groups -OCH3 is 2. The second-order valence-corrected chi connectivity index (χ2v) is 8.09. The van der Waals surface area contributed by atoms with Gasteiger partial charge in [0.2, 0.25) is 4.80 Å². The maximum absolute atomic E-state index is 9.34. The van der Waals surface area contributed by atoms with E-state index in [0.29, 0.717) is 23.8 Å². The highest BCUT2D eigenvalue weighted by Crippen LogP contribution is 2.28. The van der Waals surface area contributed by atoms with Gasteiger partial charge < -0.3 is 36.1 Å². The number of aromatic nitrogens is 2. The molecule has 9 heteroatoms. The number of aryl methyl sites for hydroxylation is 1. The van der Waals surface area contributed by atoms with Crippen LogP contribution in [0.25, 0.3) is 10.2 Å². The highest BCUT2D eigenvalue weighted by Gasteiger charge is 2.15. The molecule has 2 heterocycles. The molecule has 0 unspecified atom stereocenters. The maximum atomic E-state index is 9.34. The van der Waals surface area contributed by atoms with Gasteiger partial charge in [-0.25, -0.2) is 4.57 Å². The average Bonchev–Trinajstić information content (AvgIpc) is 3.15. The van der Waals surface area contributed by atoms with E-state index in [-0.39, 0.29) is 23.6 Å². The van der Waals surface area contributed by atoms with E-state index < -0.39 is 0 Å². The predicted octanol–water partition coefficient (Wildman–Crippen LogP) is -0.106. The van der Waals surface area contributed by atoms with Gasteiger partial charge in [0.25, 0.3) is 0 Å². The molecular formula is C24H25BrN4O3S. The lowest BCUT2D eigenvalue weighted by Crippen LogP contribution is -3.00. The molecule has 0 bridgehead atoms. The van der Waals surface area contributed by atoms with Crippen molar-refractivity contribution in [1.29, 1.82) is 0 Å². The molecule has 0 saturated heterocycles. The van der Waals surface area contributed by atoms with E-state index in [4.69, 9.17) is 9.47 Å². The Morgan fingerprint density at radius 1 is 1.03 bits per heavy atom.